The van der Waals surface area contributed by atoms with Crippen LogP contribution in [0.4, 0.5) is 4.39 Å². The van der Waals surface area contributed by atoms with E-state index >= 15 is 0 Å². The summed E-state index contributed by atoms with van der Waals surface area (Å²) in [5.41, 5.74) is 4.51. The third-order valence-corrected chi connectivity index (χ3v) is 4.92. The summed E-state index contributed by atoms with van der Waals surface area (Å²) < 4.78 is 14.3. The Morgan fingerprint density at radius 1 is 1.09 bits per heavy atom. The van der Waals surface area contributed by atoms with Gasteiger partial charge in [0.1, 0.15) is 11.6 Å². The van der Waals surface area contributed by atoms with Crippen LogP contribution in [0.3, 0.4) is 0 Å². The molecule has 0 amide bonds. The number of aromatic hydroxyl groups is 1. The standard InChI is InChI=1S/C20H20ClFO/c1-20(2)9-3-4-18(20)16-10-13(12-21)5-7-15(16)17-11-14(23)6-8-19(17)22/h4-8,10-11,23H,3,9,12H2,1-2H3. The van der Waals surface area contributed by atoms with Crippen molar-refractivity contribution in [3.63, 3.8) is 0 Å². The Bertz CT molecular complexity index is 777. The van der Waals surface area contributed by atoms with Crippen molar-refractivity contribution in [1.82, 2.24) is 0 Å². The quantitative estimate of drug-likeness (QED) is 0.670. The van der Waals surface area contributed by atoms with Crippen LogP contribution in [0.2, 0.25) is 0 Å². The van der Waals surface area contributed by atoms with Crippen molar-refractivity contribution in [3.05, 3.63) is 59.4 Å². The van der Waals surface area contributed by atoms with Gasteiger partial charge in [0, 0.05) is 11.4 Å². The van der Waals surface area contributed by atoms with Crippen LogP contribution in [-0.4, -0.2) is 5.11 Å². The zero-order valence-corrected chi connectivity index (χ0v) is 14.1. The second kappa shape index (κ2) is 6.01. The highest BCUT2D eigenvalue weighted by Gasteiger charge is 2.30. The minimum absolute atomic E-state index is 0.0486. The van der Waals surface area contributed by atoms with E-state index in [1.807, 2.05) is 18.2 Å². The maximum absolute atomic E-state index is 14.3. The van der Waals surface area contributed by atoms with Crippen LogP contribution in [-0.2, 0) is 5.88 Å². The number of alkyl halides is 1. The Balaban J connectivity index is 2.24. The van der Waals surface area contributed by atoms with E-state index in [0.29, 0.717) is 11.4 Å². The Labute approximate surface area is 141 Å². The number of phenolic OH excluding ortho intramolecular Hbond substituents is 1. The first kappa shape index (κ1) is 16.1. The van der Waals surface area contributed by atoms with Crippen molar-refractivity contribution in [2.75, 3.05) is 0 Å². The molecule has 0 aliphatic heterocycles. The second-order valence-corrected chi connectivity index (χ2v) is 6.99. The van der Waals surface area contributed by atoms with Crippen molar-refractivity contribution in [3.8, 4) is 16.9 Å². The summed E-state index contributed by atoms with van der Waals surface area (Å²) in [4.78, 5) is 0. The third kappa shape index (κ3) is 3.00. The maximum atomic E-state index is 14.3. The fourth-order valence-corrected chi connectivity index (χ4v) is 3.48. The Morgan fingerprint density at radius 2 is 1.87 bits per heavy atom. The first-order chi connectivity index (χ1) is 10.9. The predicted molar refractivity (Wildman–Crippen MR) is 94.0 cm³/mol. The van der Waals surface area contributed by atoms with Gasteiger partial charge in [-0.3, -0.25) is 0 Å². The average molecular weight is 331 g/mol. The zero-order chi connectivity index (χ0) is 16.6. The third-order valence-electron chi connectivity index (χ3n) is 4.62. The van der Waals surface area contributed by atoms with E-state index in [1.54, 1.807) is 0 Å². The molecule has 0 atom stereocenters. The van der Waals surface area contributed by atoms with Crippen LogP contribution >= 0.6 is 11.6 Å². The molecule has 0 bridgehead atoms. The van der Waals surface area contributed by atoms with Crippen molar-refractivity contribution in [2.45, 2.75) is 32.6 Å². The topological polar surface area (TPSA) is 20.2 Å². The molecule has 1 aliphatic rings. The van der Waals surface area contributed by atoms with Crippen LogP contribution in [0.25, 0.3) is 16.7 Å². The summed E-state index contributed by atoms with van der Waals surface area (Å²) in [6.45, 7) is 4.42. The molecule has 0 aromatic heterocycles. The van der Waals surface area contributed by atoms with Gasteiger partial charge in [-0.05, 0) is 64.8 Å². The van der Waals surface area contributed by atoms with Gasteiger partial charge in [0.2, 0.25) is 0 Å². The number of benzene rings is 2. The van der Waals surface area contributed by atoms with Gasteiger partial charge < -0.3 is 5.11 Å². The van der Waals surface area contributed by atoms with Gasteiger partial charge in [-0.2, -0.15) is 0 Å². The summed E-state index contributed by atoms with van der Waals surface area (Å²) in [7, 11) is 0. The van der Waals surface area contributed by atoms with Gasteiger partial charge in [0.25, 0.3) is 0 Å². The Hall–Kier alpha value is -1.80. The largest absolute Gasteiger partial charge is 0.508 e. The van der Waals surface area contributed by atoms with E-state index in [1.165, 1.54) is 23.8 Å². The van der Waals surface area contributed by atoms with Gasteiger partial charge in [-0.15, -0.1) is 11.6 Å². The molecule has 2 aromatic rings. The van der Waals surface area contributed by atoms with E-state index in [4.69, 9.17) is 11.6 Å². The monoisotopic (exact) mass is 330 g/mol. The Morgan fingerprint density at radius 3 is 2.52 bits per heavy atom. The van der Waals surface area contributed by atoms with Crippen LogP contribution in [0.15, 0.2) is 42.5 Å². The molecular weight excluding hydrogens is 311 g/mol. The molecule has 0 radical (unpaired) electrons. The number of hydrogen-bond donors (Lipinski definition) is 1. The lowest BCUT2D eigenvalue weighted by atomic mass is 9.79. The molecule has 0 saturated heterocycles. The van der Waals surface area contributed by atoms with E-state index in [9.17, 15) is 9.50 Å². The summed E-state index contributed by atoms with van der Waals surface area (Å²) >= 11 is 6.00. The fourth-order valence-electron chi connectivity index (χ4n) is 3.31. The van der Waals surface area contributed by atoms with E-state index < -0.39 is 0 Å². The lowest BCUT2D eigenvalue weighted by Crippen LogP contribution is -2.10. The van der Waals surface area contributed by atoms with Crippen molar-refractivity contribution in [2.24, 2.45) is 5.41 Å². The average Bonchev–Trinajstić information content (AvgIpc) is 2.88. The number of hydrogen-bond acceptors (Lipinski definition) is 1. The molecule has 1 nitrogen and oxygen atoms in total. The first-order valence-electron chi connectivity index (χ1n) is 7.81. The minimum Gasteiger partial charge on any atom is -0.508 e. The molecule has 23 heavy (non-hydrogen) atoms. The molecule has 0 unspecified atom stereocenters. The van der Waals surface area contributed by atoms with E-state index in [0.717, 1.165) is 29.5 Å². The van der Waals surface area contributed by atoms with Gasteiger partial charge in [0.15, 0.2) is 0 Å². The second-order valence-electron chi connectivity index (χ2n) is 6.72. The van der Waals surface area contributed by atoms with E-state index in [2.05, 4.69) is 19.9 Å². The minimum atomic E-state index is -0.334. The van der Waals surface area contributed by atoms with Gasteiger partial charge in [-0.25, -0.2) is 4.39 Å². The van der Waals surface area contributed by atoms with Crippen LogP contribution < -0.4 is 0 Å². The van der Waals surface area contributed by atoms with Gasteiger partial charge >= 0.3 is 0 Å². The molecule has 0 spiro atoms. The SMILES string of the molecule is CC1(C)CCC=C1c1cc(CCl)ccc1-c1cc(O)ccc1F. The van der Waals surface area contributed by atoms with Crippen LogP contribution in [0.1, 0.15) is 37.8 Å². The summed E-state index contributed by atoms with van der Waals surface area (Å²) in [5.74, 6) is 0.149. The van der Waals surface area contributed by atoms with Crippen LogP contribution in [0.5, 0.6) is 5.75 Å². The fraction of sp³-hybridized carbons (Fsp3) is 0.300. The van der Waals surface area contributed by atoms with Crippen molar-refractivity contribution >= 4 is 17.2 Å². The molecular formula is C20H20ClFO. The molecule has 0 saturated carbocycles. The summed E-state index contributed by atoms with van der Waals surface area (Å²) in [5, 5.41) is 9.76. The van der Waals surface area contributed by atoms with E-state index in [-0.39, 0.29) is 17.0 Å². The highest BCUT2D eigenvalue weighted by molar-refractivity contribution is 6.17. The molecule has 3 heteroatoms. The summed E-state index contributed by atoms with van der Waals surface area (Å²) in [6, 6.07) is 10.0. The molecule has 120 valence electrons. The van der Waals surface area contributed by atoms with Crippen LogP contribution in [0, 0.1) is 11.2 Å². The first-order valence-corrected chi connectivity index (χ1v) is 8.34. The number of halogens is 2. The number of rotatable bonds is 3. The zero-order valence-electron chi connectivity index (χ0n) is 13.4. The Kier molecular flexibility index (Phi) is 4.20. The highest BCUT2D eigenvalue weighted by Crippen LogP contribution is 2.47. The van der Waals surface area contributed by atoms with Crippen molar-refractivity contribution < 1.29 is 9.50 Å². The normalized spacial score (nSPS) is 16.4. The molecule has 0 heterocycles. The summed E-state index contributed by atoms with van der Waals surface area (Å²) in [6.07, 6.45) is 4.34. The highest BCUT2D eigenvalue weighted by atomic mass is 35.5. The molecule has 1 aliphatic carbocycles. The van der Waals surface area contributed by atoms with Gasteiger partial charge in [-0.1, -0.05) is 32.1 Å². The molecule has 0 fully saturated rings. The number of phenols is 1. The molecule has 3 rings (SSSR count). The lowest BCUT2D eigenvalue weighted by molar-refractivity contribution is 0.473. The maximum Gasteiger partial charge on any atom is 0.131 e. The predicted octanol–water partition coefficient (Wildman–Crippen LogP) is 6.14. The lowest BCUT2D eigenvalue weighted by Gasteiger charge is -2.25. The molecule has 1 N–H and O–H groups in total. The van der Waals surface area contributed by atoms with Crippen molar-refractivity contribution in [1.29, 1.82) is 0 Å². The number of allylic oxidation sites excluding steroid dienone is 2. The molecule has 2 aromatic carbocycles. The smallest absolute Gasteiger partial charge is 0.131 e. The van der Waals surface area contributed by atoms with Gasteiger partial charge in [0.05, 0.1) is 0 Å².